The third-order valence-electron chi connectivity index (χ3n) is 2.95. The Bertz CT molecular complexity index is 421. The maximum atomic E-state index is 12.6. The number of halogens is 1. The molecule has 1 aromatic carbocycles. The number of esters is 1. The second-order valence-electron chi connectivity index (χ2n) is 4.17. The first-order chi connectivity index (χ1) is 8.16. The zero-order chi connectivity index (χ0) is 12.3. The normalized spacial score (nSPS) is 15.1. The number of ether oxygens (including phenoxy) is 1. The second-order valence-corrected chi connectivity index (χ2v) is 4.17. The minimum Gasteiger partial charge on any atom is -0.457 e. The topological polar surface area (TPSA) is 43.4 Å². The van der Waals surface area contributed by atoms with Crippen molar-refractivity contribution in [2.24, 2.45) is 5.92 Å². The summed E-state index contributed by atoms with van der Waals surface area (Å²) in [5.41, 5.74) is 0.354. The second kappa shape index (κ2) is 5.08. The molecule has 90 valence electrons. The highest BCUT2D eigenvalue weighted by molar-refractivity contribution is 5.97. The average molecular weight is 236 g/mol. The molecule has 1 aliphatic rings. The lowest BCUT2D eigenvalue weighted by molar-refractivity contribution is -0.150. The van der Waals surface area contributed by atoms with E-state index in [1.807, 2.05) is 0 Å². The summed E-state index contributed by atoms with van der Waals surface area (Å²) >= 11 is 0. The van der Waals surface area contributed by atoms with E-state index in [9.17, 15) is 14.0 Å². The zero-order valence-electron chi connectivity index (χ0n) is 9.32. The summed E-state index contributed by atoms with van der Waals surface area (Å²) in [4.78, 5) is 23.0. The number of hydrogen-bond acceptors (Lipinski definition) is 3. The summed E-state index contributed by atoms with van der Waals surface area (Å²) in [6.45, 7) is -0.263. The van der Waals surface area contributed by atoms with Gasteiger partial charge in [0.2, 0.25) is 0 Å². The minimum absolute atomic E-state index is 0.0315. The van der Waals surface area contributed by atoms with Gasteiger partial charge in [-0.3, -0.25) is 9.59 Å². The molecule has 0 amide bonds. The molecule has 1 aromatic rings. The van der Waals surface area contributed by atoms with Crippen LogP contribution in [0, 0.1) is 11.7 Å². The third-order valence-corrected chi connectivity index (χ3v) is 2.95. The summed E-state index contributed by atoms with van der Waals surface area (Å²) in [5.74, 6) is -1.03. The Hall–Kier alpha value is -1.71. The van der Waals surface area contributed by atoms with E-state index in [1.165, 1.54) is 24.3 Å². The monoisotopic (exact) mass is 236 g/mol. The van der Waals surface area contributed by atoms with E-state index in [0.717, 1.165) is 19.3 Å². The van der Waals surface area contributed by atoms with Crippen molar-refractivity contribution in [1.82, 2.24) is 0 Å². The number of benzene rings is 1. The number of hydrogen-bond donors (Lipinski definition) is 0. The van der Waals surface area contributed by atoms with Crippen LogP contribution in [0.25, 0.3) is 0 Å². The van der Waals surface area contributed by atoms with Crippen LogP contribution in [0.4, 0.5) is 4.39 Å². The Morgan fingerprint density at radius 1 is 1.24 bits per heavy atom. The van der Waals surface area contributed by atoms with E-state index < -0.39 is 5.82 Å². The van der Waals surface area contributed by atoms with Crippen molar-refractivity contribution in [2.75, 3.05) is 6.61 Å². The molecule has 0 saturated heterocycles. The summed E-state index contributed by atoms with van der Waals surface area (Å²) in [6, 6.07) is 5.19. The van der Waals surface area contributed by atoms with Crippen LogP contribution in [0.2, 0.25) is 0 Å². The molecule has 0 radical (unpaired) electrons. The molecule has 0 aliphatic heterocycles. The van der Waals surface area contributed by atoms with Crippen molar-refractivity contribution in [3.05, 3.63) is 35.6 Å². The molecule has 0 spiro atoms. The van der Waals surface area contributed by atoms with Gasteiger partial charge in [0.25, 0.3) is 0 Å². The average Bonchev–Trinajstić information content (AvgIpc) is 2.24. The molecule has 1 fully saturated rings. The fourth-order valence-corrected chi connectivity index (χ4v) is 1.62. The lowest BCUT2D eigenvalue weighted by Crippen LogP contribution is -2.26. The highest BCUT2D eigenvalue weighted by Crippen LogP contribution is 2.27. The van der Waals surface area contributed by atoms with Gasteiger partial charge in [-0.25, -0.2) is 4.39 Å². The molecule has 2 rings (SSSR count). The van der Waals surface area contributed by atoms with E-state index in [-0.39, 0.29) is 24.3 Å². The Morgan fingerprint density at radius 3 is 2.41 bits per heavy atom. The Balaban J connectivity index is 1.84. The first-order valence-corrected chi connectivity index (χ1v) is 5.62. The fraction of sp³-hybridized carbons (Fsp3) is 0.385. The van der Waals surface area contributed by atoms with Gasteiger partial charge >= 0.3 is 5.97 Å². The largest absolute Gasteiger partial charge is 0.457 e. The first-order valence-electron chi connectivity index (χ1n) is 5.62. The highest BCUT2D eigenvalue weighted by atomic mass is 19.1. The van der Waals surface area contributed by atoms with Crippen LogP contribution in [0.15, 0.2) is 24.3 Å². The number of ketones is 1. The van der Waals surface area contributed by atoms with Crippen LogP contribution < -0.4 is 0 Å². The quantitative estimate of drug-likeness (QED) is 0.595. The van der Waals surface area contributed by atoms with Crippen molar-refractivity contribution in [3.8, 4) is 0 Å². The lowest BCUT2D eigenvalue weighted by Gasteiger charge is -2.22. The molecule has 0 aromatic heterocycles. The molecular weight excluding hydrogens is 223 g/mol. The van der Waals surface area contributed by atoms with Crippen molar-refractivity contribution in [2.45, 2.75) is 19.3 Å². The van der Waals surface area contributed by atoms with Crippen LogP contribution in [0.1, 0.15) is 29.6 Å². The van der Waals surface area contributed by atoms with Gasteiger partial charge in [0, 0.05) is 5.56 Å². The molecule has 0 N–H and O–H groups in total. The smallest absolute Gasteiger partial charge is 0.309 e. The Morgan fingerprint density at radius 2 is 1.88 bits per heavy atom. The van der Waals surface area contributed by atoms with Crippen LogP contribution >= 0.6 is 0 Å². The molecule has 0 bridgehead atoms. The third kappa shape index (κ3) is 2.90. The fourth-order valence-electron chi connectivity index (χ4n) is 1.62. The molecule has 1 saturated carbocycles. The summed E-state index contributed by atoms with van der Waals surface area (Å²) < 4.78 is 17.5. The molecule has 0 atom stereocenters. The molecular formula is C13H13FO3. The summed E-state index contributed by atoms with van der Waals surface area (Å²) in [5, 5.41) is 0. The standard InChI is InChI=1S/C13H13FO3/c14-11-6-4-9(5-7-11)12(15)8-17-13(16)10-2-1-3-10/h4-7,10H,1-3,8H2. The predicted octanol–water partition coefficient (Wildman–Crippen LogP) is 2.35. The maximum Gasteiger partial charge on any atom is 0.309 e. The van der Waals surface area contributed by atoms with E-state index in [2.05, 4.69) is 0 Å². The van der Waals surface area contributed by atoms with Crippen LogP contribution in [0.5, 0.6) is 0 Å². The number of Topliss-reactive ketones (excluding diaryl/α,β-unsaturated/α-hetero) is 1. The van der Waals surface area contributed by atoms with Gasteiger partial charge in [0.15, 0.2) is 12.4 Å². The predicted molar refractivity (Wildman–Crippen MR) is 59.0 cm³/mol. The SMILES string of the molecule is O=C(COC(=O)C1CCC1)c1ccc(F)cc1. The van der Waals surface area contributed by atoms with E-state index >= 15 is 0 Å². The van der Waals surface area contributed by atoms with Gasteiger partial charge < -0.3 is 4.74 Å². The van der Waals surface area contributed by atoms with Crippen LogP contribution in [-0.2, 0) is 9.53 Å². The maximum absolute atomic E-state index is 12.6. The minimum atomic E-state index is -0.395. The number of rotatable bonds is 4. The van der Waals surface area contributed by atoms with Crippen molar-refractivity contribution in [1.29, 1.82) is 0 Å². The van der Waals surface area contributed by atoms with Crippen molar-refractivity contribution < 1.29 is 18.7 Å². The van der Waals surface area contributed by atoms with Gasteiger partial charge in [-0.15, -0.1) is 0 Å². The van der Waals surface area contributed by atoms with Crippen molar-refractivity contribution in [3.63, 3.8) is 0 Å². The van der Waals surface area contributed by atoms with Crippen molar-refractivity contribution >= 4 is 11.8 Å². The lowest BCUT2D eigenvalue weighted by atomic mass is 9.86. The molecule has 1 aliphatic carbocycles. The summed E-state index contributed by atoms with van der Waals surface area (Å²) in [6.07, 6.45) is 2.75. The molecule has 3 nitrogen and oxygen atoms in total. The van der Waals surface area contributed by atoms with E-state index in [4.69, 9.17) is 4.74 Å². The molecule has 0 unspecified atom stereocenters. The van der Waals surface area contributed by atoms with Gasteiger partial charge in [-0.05, 0) is 37.1 Å². The van der Waals surface area contributed by atoms with Gasteiger partial charge in [0.05, 0.1) is 5.92 Å². The zero-order valence-corrected chi connectivity index (χ0v) is 9.32. The van der Waals surface area contributed by atoms with E-state index in [0.29, 0.717) is 5.56 Å². The number of carbonyl (C=O) groups excluding carboxylic acids is 2. The van der Waals surface area contributed by atoms with Crippen LogP contribution in [0.3, 0.4) is 0 Å². The molecule has 4 heteroatoms. The summed E-state index contributed by atoms with van der Waals surface area (Å²) in [7, 11) is 0. The van der Waals surface area contributed by atoms with Gasteiger partial charge in [-0.1, -0.05) is 6.42 Å². The van der Waals surface area contributed by atoms with Gasteiger partial charge in [0.1, 0.15) is 5.82 Å². The highest BCUT2D eigenvalue weighted by Gasteiger charge is 2.27. The Kier molecular flexibility index (Phi) is 3.52. The number of carbonyl (C=O) groups is 2. The molecule has 0 heterocycles. The first kappa shape index (κ1) is 11.8. The van der Waals surface area contributed by atoms with E-state index in [1.54, 1.807) is 0 Å². The Labute approximate surface area is 98.6 Å². The van der Waals surface area contributed by atoms with Crippen LogP contribution in [-0.4, -0.2) is 18.4 Å². The van der Waals surface area contributed by atoms with Gasteiger partial charge in [-0.2, -0.15) is 0 Å². The molecule has 17 heavy (non-hydrogen) atoms.